The Bertz CT molecular complexity index is 1050. The molecule has 2 aliphatic carbocycles. The zero-order chi connectivity index (χ0) is 24.5. The van der Waals surface area contributed by atoms with Crippen LogP contribution < -0.4 is 11.1 Å². The summed E-state index contributed by atoms with van der Waals surface area (Å²) in [4.78, 5) is 0. The van der Waals surface area contributed by atoms with E-state index in [9.17, 15) is 4.39 Å². The average molecular weight is 457 g/mol. The molecule has 1 aromatic rings. The zero-order valence-corrected chi connectivity index (χ0v) is 20.7. The molecule has 3 N–H and O–H groups in total. The fraction of sp³-hybridized carbons (Fsp3) is 0.448. The molecule has 1 unspecified atom stereocenters. The summed E-state index contributed by atoms with van der Waals surface area (Å²) in [5, 5.41) is 12.3. The SMILES string of the molecule is B=CNCCCC(N)C/C(=C/C(=C(\C)C1=CC=C(C2CC2)CC1)c1ccc(C#N)c(F)c1)CC. The molecule has 3 rings (SSSR count). The normalized spacial score (nSPS) is 17.8. The van der Waals surface area contributed by atoms with Gasteiger partial charge in [0.15, 0.2) is 0 Å². The van der Waals surface area contributed by atoms with E-state index >= 15 is 0 Å². The van der Waals surface area contributed by atoms with E-state index in [1.165, 1.54) is 35.6 Å². The van der Waals surface area contributed by atoms with Gasteiger partial charge in [-0.05, 0) is 37.7 Å². The fourth-order valence-corrected chi connectivity index (χ4v) is 4.63. The van der Waals surface area contributed by atoms with Crippen molar-refractivity contribution in [2.24, 2.45) is 11.7 Å². The van der Waals surface area contributed by atoms with E-state index in [2.05, 4.69) is 44.9 Å². The van der Waals surface area contributed by atoms with Crippen molar-refractivity contribution in [1.29, 1.82) is 5.26 Å². The molecule has 0 radical (unpaired) electrons. The van der Waals surface area contributed by atoms with Crippen LogP contribution >= 0.6 is 0 Å². The Kier molecular flexibility index (Phi) is 9.66. The summed E-state index contributed by atoms with van der Waals surface area (Å²) in [6.45, 7) is 5.16. The third-order valence-corrected chi connectivity index (χ3v) is 6.94. The fourth-order valence-electron chi connectivity index (χ4n) is 4.63. The van der Waals surface area contributed by atoms with Crippen LogP contribution in [0.25, 0.3) is 5.57 Å². The van der Waals surface area contributed by atoms with Gasteiger partial charge in [-0.3, -0.25) is 0 Å². The maximum absolute atomic E-state index is 14.6. The van der Waals surface area contributed by atoms with Crippen molar-refractivity contribution < 1.29 is 4.39 Å². The first-order valence-electron chi connectivity index (χ1n) is 12.6. The molecule has 0 aromatic heterocycles. The molecule has 178 valence electrons. The first-order valence-corrected chi connectivity index (χ1v) is 12.6. The molecule has 1 aromatic carbocycles. The van der Waals surface area contributed by atoms with E-state index < -0.39 is 5.82 Å². The maximum atomic E-state index is 14.6. The minimum absolute atomic E-state index is 0.0736. The van der Waals surface area contributed by atoms with E-state index in [1.54, 1.807) is 17.7 Å². The average Bonchev–Trinajstić information content (AvgIpc) is 3.70. The summed E-state index contributed by atoms with van der Waals surface area (Å²) in [6, 6.07) is 6.94. The van der Waals surface area contributed by atoms with Gasteiger partial charge in [-0.1, -0.05) is 17.7 Å². The van der Waals surface area contributed by atoms with E-state index in [0.717, 1.165) is 62.1 Å². The molecule has 0 saturated heterocycles. The molecule has 0 bridgehead atoms. The Morgan fingerprint density at radius 3 is 2.71 bits per heavy atom. The van der Waals surface area contributed by atoms with Crippen LogP contribution in [0.2, 0.25) is 0 Å². The summed E-state index contributed by atoms with van der Waals surface area (Å²) >= 11 is 0. The number of hydrogen-bond acceptors (Lipinski definition) is 3. The summed E-state index contributed by atoms with van der Waals surface area (Å²) in [6.07, 6.45) is 16.9. The Morgan fingerprint density at radius 2 is 2.12 bits per heavy atom. The van der Waals surface area contributed by atoms with Crippen LogP contribution in [0.5, 0.6) is 0 Å². The molecule has 1 atom stereocenters. The molecule has 1 fully saturated rings. The van der Waals surface area contributed by atoms with Crippen molar-refractivity contribution >= 4 is 19.2 Å². The summed E-state index contributed by atoms with van der Waals surface area (Å²) in [5.74, 6) is 0.320. The predicted molar refractivity (Wildman–Crippen MR) is 143 cm³/mol. The van der Waals surface area contributed by atoms with Gasteiger partial charge in [0.1, 0.15) is 11.9 Å². The Morgan fingerprint density at radius 1 is 1.32 bits per heavy atom. The second kappa shape index (κ2) is 12.7. The first kappa shape index (κ1) is 25.9. The third kappa shape index (κ3) is 7.14. The van der Waals surface area contributed by atoms with Crippen LogP contribution in [-0.4, -0.2) is 26.2 Å². The van der Waals surface area contributed by atoms with Crippen molar-refractivity contribution in [3.05, 3.63) is 75.7 Å². The van der Waals surface area contributed by atoms with Gasteiger partial charge in [0.05, 0.1) is 5.56 Å². The van der Waals surface area contributed by atoms with Crippen LogP contribution in [0.4, 0.5) is 4.39 Å². The van der Waals surface area contributed by atoms with E-state index in [1.807, 2.05) is 12.1 Å². The van der Waals surface area contributed by atoms with E-state index in [4.69, 9.17) is 11.0 Å². The first-order chi connectivity index (χ1) is 16.5. The number of nitrogens with zero attached hydrogens (tertiary/aromatic N) is 1. The van der Waals surface area contributed by atoms with E-state index in [0.29, 0.717) is 0 Å². The summed E-state index contributed by atoms with van der Waals surface area (Å²) in [7, 11) is 3.68. The molecule has 0 amide bonds. The second-order valence-electron chi connectivity index (χ2n) is 9.47. The second-order valence-corrected chi connectivity index (χ2v) is 9.47. The van der Waals surface area contributed by atoms with Crippen molar-refractivity contribution in [1.82, 2.24) is 5.32 Å². The molecule has 3 nitrogen and oxygen atoms in total. The predicted octanol–water partition coefficient (Wildman–Crippen LogP) is 5.61. The molecular formula is C29H37BFN3. The number of hydrogen-bond donors (Lipinski definition) is 2. The summed E-state index contributed by atoms with van der Waals surface area (Å²) in [5.41, 5.74) is 13.7. The Balaban J connectivity index is 1.92. The zero-order valence-electron chi connectivity index (χ0n) is 20.7. The van der Waals surface area contributed by atoms with E-state index in [-0.39, 0.29) is 11.6 Å². The third-order valence-electron chi connectivity index (χ3n) is 6.94. The molecule has 34 heavy (non-hydrogen) atoms. The van der Waals surface area contributed by atoms with Gasteiger partial charge >= 0.3 is 123 Å². The minimum atomic E-state index is -0.475. The van der Waals surface area contributed by atoms with Crippen LogP contribution in [0.3, 0.4) is 0 Å². The summed E-state index contributed by atoms with van der Waals surface area (Å²) < 4.78 is 14.6. The number of halogens is 1. The van der Waals surface area contributed by atoms with Gasteiger partial charge in [-0.25, -0.2) is 4.39 Å². The monoisotopic (exact) mass is 457 g/mol. The molecule has 0 heterocycles. The molecule has 1 saturated carbocycles. The van der Waals surface area contributed by atoms with Crippen LogP contribution in [0.1, 0.15) is 76.3 Å². The number of rotatable bonds is 12. The number of nitrogens with one attached hydrogen (secondary N) is 1. The van der Waals surface area contributed by atoms with Crippen LogP contribution in [0, 0.1) is 23.1 Å². The number of nitrogens with two attached hydrogens (primary N) is 1. The van der Waals surface area contributed by atoms with Crippen LogP contribution in [-0.2, 0) is 0 Å². The number of allylic oxidation sites excluding steroid dienone is 7. The van der Waals surface area contributed by atoms with Gasteiger partial charge in [-0.15, -0.1) is 0 Å². The quantitative estimate of drug-likeness (QED) is 0.244. The number of benzene rings is 1. The van der Waals surface area contributed by atoms with Gasteiger partial charge in [0.25, 0.3) is 0 Å². The molecule has 0 spiro atoms. The Labute approximate surface area is 205 Å². The topological polar surface area (TPSA) is 61.8 Å². The number of nitriles is 1. The van der Waals surface area contributed by atoms with Crippen LogP contribution in [0.15, 0.2) is 58.7 Å². The van der Waals surface area contributed by atoms with Crippen molar-refractivity contribution in [2.75, 3.05) is 6.54 Å². The molecular weight excluding hydrogens is 420 g/mol. The molecule has 2 aliphatic rings. The van der Waals surface area contributed by atoms with Crippen molar-refractivity contribution in [3.8, 4) is 6.07 Å². The van der Waals surface area contributed by atoms with Gasteiger partial charge < -0.3 is 0 Å². The molecule has 0 aliphatic heterocycles. The Hall–Kier alpha value is -2.71. The van der Waals surface area contributed by atoms with Gasteiger partial charge in [-0.2, -0.15) is 5.26 Å². The molecule has 5 heteroatoms. The van der Waals surface area contributed by atoms with Crippen molar-refractivity contribution in [2.45, 2.75) is 71.3 Å². The van der Waals surface area contributed by atoms with Gasteiger partial charge in [0.2, 0.25) is 0 Å². The van der Waals surface area contributed by atoms with Crippen molar-refractivity contribution in [3.63, 3.8) is 0 Å². The standard InChI is InChI=1S/C29H37BFN3/c1-3-21(15-27(33)5-4-14-34-19-30)16-28(25-12-13-26(18-32)29(31)17-25)20(2)22-6-8-23(9-7-22)24-10-11-24/h6,8,12-13,16-17,19,24,27,30,34H,3-5,7,9-11,14-15,33H2,1-2H3/b21-16+,28-20-. The van der Waals surface area contributed by atoms with Gasteiger partial charge in [0, 0.05) is 0 Å².